The summed E-state index contributed by atoms with van der Waals surface area (Å²) >= 11 is 0. The van der Waals surface area contributed by atoms with Crippen LogP contribution in [0.4, 0.5) is 0 Å². The Morgan fingerprint density at radius 2 is 2.08 bits per heavy atom. The summed E-state index contributed by atoms with van der Waals surface area (Å²) in [5, 5.41) is 8.57. The number of aliphatic carboxylic acids is 1. The van der Waals surface area contributed by atoms with Gasteiger partial charge in [0.2, 0.25) is 0 Å². The Kier molecular flexibility index (Phi) is 3.28. The number of carboxylic acids is 1. The van der Waals surface area contributed by atoms with E-state index in [4.69, 9.17) is 9.84 Å². The van der Waals surface area contributed by atoms with Crippen molar-refractivity contribution in [3.05, 3.63) is 0 Å². The topological polar surface area (TPSA) is 63.6 Å². The van der Waals surface area contributed by atoms with Crippen LogP contribution in [0.15, 0.2) is 0 Å². The zero-order chi connectivity index (χ0) is 9.84. The molecule has 1 aliphatic rings. The third-order valence-electron chi connectivity index (χ3n) is 2.35. The van der Waals surface area contributed by atoms with E-state index in [1.807, 2.05) is 0 Å². The molecule has 1 aliphatic carbocycles. The van der Waals surface area contributed by atoms with Crippen LogP contribution in [-0.4, -0.2) is 23.7 Å². The maximum absolute atomic E-state index is 11.0. The van der Waals surface area contributed by atoms with Gasteiger partial charge in [-0.05, 0) is 25.7 Å². The second kappa shape index (κ2) is 4.25. The highest BCUT2D eigenvalue weighted by Crippen LogP contribution is 2.36. The maximum atomic E-state index is 11.0. The molecule has 0 radical (unpaired) electrons. The van der Waals surface area contributed by atoms with Gasteiger partial charge in [0, 0.05) is 6.42 Å². The van der Waals surface area contributed by atoms with E-state index in [-0.39, 0.29) is 17.8 Å². The van der Waals surface area contributed by atoms with E-state index in [1.165, 1.54) is 0 Å². The van der Waals surface area contributed by atoms with Crippen molar-refractivity contribution in [3.63, 3.8) is 0 Å². The van der Waals surface area contributed by atoms with Crippen molar-refractivity contribution in [3.8, 4) is 0 Å². The van der Waals surface area contributed by atoms with Gasteiger partial charge in [-0.15, -0.1) is 0 Å². The molecule has 4 nitrogen and oxygen atoms in total. The molecule has 0 aromatic carbocycles. The smallest absolute Gasteiger partial charge is 0.306 e. The number of hydrogen-bond acceptors (Lipinski definition) is 3. The minimum absolute atomic E-state index is 0.212. The molecular weight excluding hydrogens is 172 g/mol. The molecule has 0 heterocycles. The average Bonchev–Trinajstić information content (AvgIpc) is 1.95. The summed E-state index contributed by atoms with van der Waals surface area (Å²) in [6.45, 7) is 2.16. The molecule has 13 heavy (non-hydrogen) atoms. The fourth-order valence-electron chi connectivity index (χ4n) is 1.56. The molecule has 0 aliphatic heterocycles. The number of esters is 1. The molecule has 0 amide bonds. The minimum atomic E-state index is -0.750. The number of ether oxygens (including phenoxy) is 1. The second-order valence-electron chi connectivity index (χ2n) is 3.38. The van der Waals surface area contributed by atoms with Crippen LogP contribution in [0.25, 0.3) is 0 Å². The van der Waals surface area contributed by atoms with Gasteiger partial charge in [0.25, 0.3) is 0 Å². The largest absolute Gasteiger partial charge is 0.481 e. The van der Waals surface area contributed by atoms with Gasteiger partial charge in [0.05, 0.1) is 12.5 Å². The van der Waals surface area contributed by atoms with E-state index in [0.29, 0.717) is 25.9 Å². The van der Waals surface area contributed by atoms with Crippen LogP contribution >= 0.6 is 0 Å². The molecule has 1 N–H and O–H groups in total. The zero-order valence-electron chi connectivity index (χ0n) is 7.66. The molecule has 0 spiro atoms. The molecule has 0 unspecified atom stereocenters. The summed E-state index contributed by atoms with van der Waals surface area (Å²) < 4.78 is 4.76. The molecular formula is C9H14O4. The SMILES string of the molecule is CCOC(=O)CC1CC(C(=O)O)C1. The molecule has 0 bridgehead atoms. The Labute approximate surface area is 76.9 Å². The summed E-state index contributed by atoms with van der Waals surface area (Å²) in [5.74, 6) is -0.976. The molecule has 1 rings (SSSR count). The van der Waals surface area contributed by atoms with Gasteiger partial charge in [0.15, 0.2) is 0 Å². The number of carbonyl (C=O) groups is 2. The number of carboxylic acid groups (broad SMARTS) is 1. The molecule has 1 fully saturated rings. The first-order valence-electron chi connectivity index (χ1n) is 4.52. The van der Waals surface area contributed by atoms with Crippen LogP contribution < -0.4 is 0 Å². The number of rotatable bonds is 4. The lowest BCUT2D eigenvalue weighted by Gasteiger charge is -2.31. The second-order valence-corrected chi connectivity index (χ2v) is 3.38. The van der Waals surface area contributed by atoms with Crippen molar-refractivity contribution in [2.75, 3.05) is 6.61 Å². The Balaban J connectivity index is 2.14. The van der Waals surface area contributed by atoms with Gasteiger partial charge in [-0.2, -0.15) is 0 Å². The Hall–Kier alpha value is -1.06. The minimum Gasteiger partial charge on any atom is -0.481 e. The summed E-state index contributed by atoms with van der Waals surface area (Å²) in [4.78, 5) is 21.4. The molecule has 4 heteroatoms. The van der Waals surface area contributed by atoms with Gasteiger partial charge in [-0.25, -0.2) is 0 Å². The number of hydrogen-bond donors (Lipinski definition) is 1. The monoisotopic (exact) mass is 186 g/mol. The first-order chi connectivity index (χ1) is 6.13. The summed E-state index contributed by atoms with van der Waals surface area (Å²) in [5.41, 5.74) is 0. The lowest BCUT2D eigenvalue weighted by molar-refractivity contribution is -0.151. The van der Waals surface area contributed by atoms with Crippen LogP contribution in [0.1, 0.15) is 26.2 Å². The van der Waals surface area contributed by atoms with Gasteiger partial charge in [-0.3, -0.25) is 9.59 Å². The lowest BCUT2D eigenvalue weighted by atomic mass is 9.73. The summed E-state index contributed by atoms with van der Waals surface area (Å²) in [7, 11) is 0. The third-order valence-corrected chi connectivity index (χ3v) is 2.35. The van der Waals surface area contributed by atoms with Crippen molar-refractivity contribution in [2.24, 2.45) is 11.8 Å². The van der Waals surface area contributed by atoms with E-state index in [1.54, 1.807) is 6.92 Å². The van der Waals surface area contributed by atoms with Crippen LogP contribution in [0.5, 0.6) is 0 Å². The quantitative estimate of drug-likeness (QED) is 0.666. The molecule has 1 saturated carbocycles. The Morgan fingerprint density at radius 1 is 1.46 bits per heavy atom. The zero-order valence-corrected chi connectivity index (χ0v) is 7.66. The highest BCUT2D eigenvalue weighted by molar-refractivity contribution is 5.73. The van der Waals surface area contributed by atoms with Gasteiger partial charge >= 0.3 is 11.9 Å². The normalized spacial score (nSPS) is 26.2. The molecule has 0 aromatic rings. The van der Waals surface area contributed by atoms with Crippen LogP contribution in [0.3, 0.4) is 0 Å². The first kappa shape index (κ1) is 10.0. The predicted octanol–water partition coefficient (Wildman–Crippen LogP) is 1.05. The fraction of sp³-hybridized carbons (Fsp3) is 0.778. The Morgan fingerprint density at radius 3 is 2.54 bits per heavy atom. The van der Waals surface area contributed by atoms with E-state index in [0.717, 1.165) is 0 Å². The fourth-order valence-corrected chi connectivity index (χ4v) is 1.56. The van der Waals surface area contributed by atoms with Crippen molar-refractivity contribution in [2.45, 2.75) is 26.2 Å². The average molecular weight is 186 g/mol. The van der Waals surface area contributed by atoms with Crippen LogP contribution in [0.2, 0.25) is 0 Å². The van der Waals surface area contributed by atoms with E-state index >= 15 is 0 Å². The van der Waals surface area contributed by atoms with E-state index < -0.39 is 5.97 Å². The summed E-state index contributed by atoms with van der Waals surface area (Å²) in [6, 6.07) is 0. The third kappa shape index (κ3) is 2.72. The highest BCUT2D eigenvalue weighted by Gasteiger charge is 2.35. The molecule has 0 aromatic heterocycles. The lowest BCUT2D eigenvalue weighted by Crippen LogP contribution is -2.31. The van der Waals surface area contributed by atoms with Crippen molar-refractivity contribution in [1.82, 2.24) is 0 Å². The molecule has 0 saturated heterocycles. The number of carbonyl (C=O) groups excluding carboxylic acids is 1. The summed E-state index contributed by atoms with van der Waals surface area (Å²) in [6.07, 6.45) is 1.61. The predicted molar refractivity (Wildman–Crippen MR) is 45.1 cm³/mol. The van der Waals surface area contributed by atoms with Gasteiger partial charge < -0.3 is 9.84 Å². The standard InChI is InChI=1S/C9H14O4/c1-2-13-8(10)5-6-3-7(4-6)9(11)12/h6-7H,2-5H2,1H3,(H,11,12). The van der Waals surface area contributed by atoms with Gasteiger partial charge in [-0.1, -0.05) is 0 Å². The first-order valence-corrected chi connectivity index (χ1v) is 4.52. The van der Waals surface area contributed by atoms with Crippen LogP contribution in [-0.2, 0) is 14.3 Å². The van der Waals surface area contributed by atoms with E-state index in [2.05, 4.69) is 0 Å². The highest BCUT2D eigenvalue weighted by atomic mass is 16.5. The molecule has 74 valence electrons. The molecule has 0 atom stereocenters. The van der Waals surface area contributed by atoms with Crippen LogP contribution in [0, 0.1) is 11.8 Å². The van der Waals surface area contributed by atoms with Crippen molar-refractivity contribution < 1.29 is 19.4 Å². The van der Waals surface area contributed by atoms with Crippen molar-refractivity contribution >= 4 is 11.9 Å². The van der Waals surface area contributed by atoms with E-state index in [9.17, 15) is 9.59 Å². The Bertz CT molecular complexity index is 206. The van der Waals surface area contributed by atoms with Crippen molar-refractivity contribution in [1.29, 1.82) is 0 Å². The van der Waals surface area contributed by atoms with Gasteiger partial charge in [0.1, 0.15) is 0 Å². The maximum Gasteiger partial charge on any atom is 0.306 e.